The summed E-state index contributed by atoms with van der Waals surface area (Å²) in [5, 5.41) is 0. The number of aryl methyl sites for hydroxylation is 3. The molecule has 2 aromatic rings. The van der Waals surface area contributed by atoms with Gasteiger partial charge < -0.3 is 4.74 Å². The van der Waals surface area contributed by atoms with E-state index in [1.807, 2.05) is 57.2 Å². The lowest BCUT2D eigenvalue weighted by Gasteiger charge is -2.09. The Kier molecular flexibility index (Phi) is 3.70. The van der Waals surface area contributed by atoms with Crippen LogP contribution in [0.3, 0.4) is 0 Å². The SMILES string of the molecule is COc1cc(C)ccc1C(=O)c1ccc(C)c(C)c1. The molecular weight excluding hydrogens is 236 g/mol. The van der Waals surface area contributed by atoms with Crippen LogP contribution in [0.4, 0.5) is 0 Å². The van der Waals surface area contributed by atoms with Crippen LogP contribution in [0.15, 0.2) is 36.4 Å². The standard InChI is InChI=1S/C17H18O2/c1-11-5-8-15(16(9-11)19-4)17(18)14-7-6-12(2)13(3)10-14/h5-10H,1-4H3. The van der Waals surface area contributed by atoms with Crippen molar-refractivity contribution in [2.75, 3.05) is 7.11 Å². The highest BCUT2D eigenvalue weighted by molar-refractivity contribution is 6.10. The van der Waals surface area contributed by atoms with Gasteiger partial charge in [-0.1, -0.05) is 18.2 Å². The zero-order chi connectivity index (χ0) is 14.0. The maximum absolute atomic E-state index is 12.5. The average molecular weight is 254 g/mol. The van der Waals surface area contributed by atoms with Gasteiger partial charge in [-0.05, 0) is 55.7 Å². The van der Waals surface area contributed by atoms with Crippen LogP contribution < -0.4 is 4.74 Å². The summed E-state index contributed by atoms with van der Waals surface area (Å²) < 4.78 is 5.30. The lowest BCUT2D eigenvalue weighted by Crippen LogP contribution is -2.05. The predicted molar refractivity (Wildman–Crippen MR) is 77.1 cm³/mol. The molecule has 0 saturated carbocycles. The Morgan fingerprint density at radius 3 is 2.32 bits per heavy atom. The molecule has 0 amide bonds. The number of rotatable bonds is 3. The Bertz CT molecular complexity index is 627. The van der Waals surface area contributed by atoms with E-state index in [0.29, 0.717) is 16.9 Å². The van der Waals surface area contributed by atoms with E-state index < -0.39 is 0 Å². The fraction of sp³-hybridized carbons (Fsp3) is 0.235. The lowest BCUT2D eigenvalue weighted by atomic mass is 9.98. The van der Waals surface area contributed by atoms with E-state index in [4.69, 9.17) is 4.74 Å². The fourth-order valence-corrected chi connectivity index (χ4v) is 2.02. The van der Waals surface area contributed by atoms with Crippen molar-refractivity contribution < 1.29 is 9.53 Å². The van der Waals surface area contributed by atoms with Crippen LogP contribution in [0.25, 0.3) is 0 Å². The minimum atomic E-state index is -0.0000463. The number of ether oxygens (including phenoxy) is 1. The van der Waals surface area contributed by atoms with E-state index in [0.717, 1.165) is 11.1 Å². The van der Waals surface area contributed by atoms with Crippen molar-refractivity contribution in [3.63, 3.8) is 0 Å². The number of benzene rings is 2. The Balaban J connectivity index is 2.46. The molecule has 0 radical (unpaired) electrons. The normalized spacial score (nSPS) is 10.3. The third-order valence-corrected chi connectivity index (χ3v) is 3.37. The van der Waals surface area contributed by atoms with Gasteiger partial charge in [-0.2, -0.15) is 0 Å². The number of hydrogen-bond acceptors (Lipinski definition) is 2. The van der Waals surface area contributed by atoms with Gasteiger partial charge in [-0.3, -0.25) is 4.79 Å². The highest BCUT2D eigenvalue weighted by Gasteiger charge is 2.14. The van der Waals surface area contributed by atoms with Gasteiger partial charge in [0, 0.05) is 5.56 Å². The molecule has 0 atom stereocenters. The van der Waals surface area contributed by atoms with Crippen molar-refractivity contribution in [2.24, 2.45) is 0 Å². The highest BCUT2D eigenvalue weighted by atomic mass is 16.5. The van der Waals surface area contributed by atoms with Crippen molar-refractivity contribution in [3.8, 4) is 5.75 Å². The monoisotopic (exact) mass is 254 g/mol. The molecule has 0 saturated heterocycles. The number of methoxy groups -OCH3 is 1. The Labute approximate surface area is 114 Å². The van der Waals surface area contributed by atoms with E-state index in [2.05, 4.69) is 0 Å². The van der Waals surface area contributed by atoms with Crippen LogP contribution in [0.5, 0.6) is 5.75 Å². The van der Waals surface area contributed by atoms with Gasteiger partial charge in [0.2, 0.25) is 0 Å². The first-order valence-electron chi connectivity index (χ1n) is 6.29. The smallest absolute Gasteiger partial charge is 0.196 e. The van der Waals surface area contributed by atoms with Crippen molar-refractivity contribution in [1.29, 1.82) is 0 Å². The second kappa shape index (κ2) is 5.27. The maximum atomic E-state index is 12.5. The number of carbonyl (C=O) groups excluding carboxylic acids is 1. The van der Waals surface area contributed by atoms with Gasteiger partial charge in [-0.15, -0.1) is 0 Å². The number of hydrogen-bond donors (Lipinski definition) is 0. The molecule has 98 valence electrons. The van der Waals surface area contributed by atoms with Crippen molar-refractivity contribution in [3.05, 3.63) is 64.2 Å². The third kappa shape index (κ3) is 2.68. The molecule has 2 heteroatoms. The molecule has 0 fully saturated rings. The molecule has 0 N–H and O–H groups in total. The van der Waals surface area contributed by atoms with Crippen LogP contribution in [0.2, 0.25) is 0 Å². The maximum Gasteiger partial charge on any atom is 0.196 e. The summed E-state index contributed by atoms with van der Waals surface area (Å²) in [4.78, 5) is 12.5. The van der Waals surface area contributed by atoms with E-state index >= 15 is 0 Å². The van der Waals surface area contributed by atoms with Gasteiger partial charge in [0.1, 0.15) is 5.75 Å². The summed E-state index contributed by atoms with van der Waals surface area (Å²) in [6, 6.07) is 11.4. The van der Waals surface area contributed by atoms with Gasteiger partial charge in [0.15, 0.2) is 5.78 Å². The van der Waals surface area contributed by atoms with E-state index in [1.165, 1.54) is 5.56 Å². The summed E-state index contributed by atoms with van der Waals surface area (Å²) in [5.41, 5.74) is 4.69. The van der Waals surface area contributed by atoms with Gasteiger partial charge in [0.25, 0.3) is 0 Å². The van der Waals surface area contributed by atoms with Gasteiger partial charge in [-0.25, -0.2) is 0 Å². The fourth-order valence-electron chi connectivity index (χ4n) is 2.02. The molecule has 0 aliphatic carbocycles. The minimum absolute atomic E-state index is 0.0000463. The third-order valence-electron chi connectivity index (χ3n) is 3.37. The summed E-state index contributed by atoms with van der Waals surface area (Å²) in [6.07, 6.45) is 0. The van der Waals surface area contributed by atoms with Crippen molar-refractivity contribution in [1.82, 2.24) is 0 Å². The summed E-state index contributed by atoms with van der Waals surface area (Å²) >= 11 is 0. The van der Waals surface area contributed by atoms with Crippen LogP contribution in [-0.2, 0) is 0 Å². The molecule has 2 aromatic carbocycles. The minimum Gasteiger partial charge on any atom is -0.496 e. The molecule has 0 bridgehead atoms. The second-order valence-corrected chi connectivity index (χ2v) is 4.83. The summed E-state index contributed by atoms with van der Waals surface area (Å²) in [7, 11) is 1.59. The Morgan fingerprint density at radius 1 is 0.947 bits per heavy atom. The molecule has 19 heavy (non-hydrogen) atoms. The molecule has 2 nitrogen and oxygen atoms in total. The van der Waals surface area contributed by atoms with E-state index in [-0.39, 0.29) is 5.78 Å². The zero-order valence-corrected chi connectivity index (χ0v) is 11.8. The van der Waals surface area contributed by atoms with Crippen LogP contribution in [0, 0.1) is 20.8 Å². The molecule has 0 spiro atoms. The Hall–Kier alpha value is -2.09. The topological polar surface area (TPSA) is 26.3 Å². The quantitative estimate of drug-likeness (QED) is 0.778. The number of ketones is 1. The predicted octanol–water partition coefficient (Wildman–Crippen LogP) is 3.85. The Morgan fingerprint density at radius 2 is 1.68 bits per heavy atom. The molecule has 0 aliphatic rings. The van der Waals surface area contributed by atoms with Gasteiger partial charge >= 0.3 is 0 Å². The molecule has 0 aliphatic heterocycles. The average Bonchev–Trinajstić information content (AvgIpc) is 2.41. The lowest BCUT2D eigenvalue weighted by molar-refractivity contribution is 0.103. The highest BCUT2D eigenvalue weighted by Crippen LogP contribution is 2.23. The van der Waals surface area contributed by atoms with Crippen molar-refractivity contribution >= 4 is 5.78 Å². The second-order valence-electron chi connectivity index (χ2n) is 4.83. The first kappa shape index (κ1) is 13.3. The first-order chi connectivity index (χ1) is 9.02. The molecule has 0 heterocycles. The molecule has 0 aromatic heterocycles. The van der Waals surface area contributed by atoms with E-state index in [1.54, 1.807) is 7.11 Å². The first-order valence-corrected chi connectivity index (χ1v) is 6.29. The van der Waals surface area contributed by atoms with Crippen LogP contribution in [0.1, 0.15) is 32.6 Å². The molecule has 2 rings (SSSR count). The van der Waals surface area contributed by atoms with Crippen molar-refractivity contribution in [2.45, 2.75) is 20.8 Å². The van der Waals surface area contributed by atoms with E-state index in [9.17, 15) is 4.79 Å². The van der Waals surface area contributed by atoms with Gasteiger partial charge in [0.05, 0.1) is 12.7 Å². The molecular formula is C17H18O2. The number of carbonyl (C=O) groups is 1. The zero-order valence-electron chi connectivity index (χ0n) is 11.8. The summed E-state index contributed by atoms with van der Waals surface area (Å²) in [5.74, 6) is 0.628. The van der Waals surface area contributed by atoms with Crippen LogP contribution >= 0.6 is 0 Å². The van der Waals surface area contributed by atoms with Crippen LogP contribution in [-0.4, -0.2) is 12.9 Å². The largest absolute Gasteiger partial charge is 0.496 e. The molecule has 0 unspecified atom stereocenters. The summed E-state index contributed by atoms with van der Waals surface area (Å²) in [6.45, 7) is 6.03.